The van der Waals surface area contributed by atoms with E-state index in [4.69, 9.17) is 9.47 Å². The van der Waals surface area contributed by atoms with E-state index in [0.717, 1.165) is 22.8 Å². The predicted octanol–water partition coefficient (Wildman–Crippen LogP) is 7.60. The highest BCUT2D eigenvalue weighted by atomic mass is 19.4. The number of hydrogen-bond acceptors (Lipinski definition) is 4. The first-order chi connectivity index (χ1) is 19.2. The van der Waals surface area contributed by atoms with Gasteiger partial charge in [0.05, 0.1) is 47.2 Å². The normalized spacial score (nSPS) is 17.7. The van der Waals surface area contributed by atoms with Gasteiger partial charge in [0.15, 0.2) is 0 Å². The van der Waals surface area contributed by atoms with Gasteiger partial charge in [0.25, 0.3) is 0 Å². The lowest BCUT2D eigenvalue weighted by molar-refractivity contribution is -0.143. The first-order valence-electron chi connectivity index (χ1n) is 12.5. The van der Waals surface area contributed by atoms with Crippen molar-refractivity contribution in [3.63, 3.8) is 0 Å². The van der Waals surface area contributed by atoms with Crippen molar-refractivity contribution in [1.29, 1.82) is 0 Å². The number of benzene rings is 2. The third-order valence-electron chi connectivity index (χ3n) is 6.51. The molecule has 0 fully saturated rings. The van der Waals surface area contributed by atoms with Crippen LogP contribution in [0.1, 0.15) is 61.1 Å². The van der Waals surface area contributed by atoms with Gasteiger partial charge in [-0.25, -0.2) is 4.79 Å². The molecule has 2 aromatic carbocycles. The van der Waals surface area contributed by atoms with Crippen molar-refractivity contribution in [2.24, 2.45) is 0 Å². The molecule has 232 valence electrons. The quantitative estimate of drug-likeness (QED) is 0.315. The zero-order valence-electron chi connectivity index (χ0n) is 22.7. The van der Waals surface area contributed by atoms with Crippen LogP contribution in [0.4, 0.5) is 50.0 Å². The van der Waals surface area contributed by atoms with Crippen molar-refractivity contribution in [3.8, 4) is 0 Å². The number of hydrogen-bond donors (Lipinski definition) is 0. The van der Waals surface area contributed by atoms with Gasteiger partial charge in [-0.2, -0.15) is 39.5 Å². The fourth-order valence-electron chi connectivity index (χ4n) is 4.79. The number of fused-ring (bicyclic) bond motifs is 1. The fraction of sp³-hybridized carbons (Fsp3) is 0.481. The zero-order valence-corrected chi connectivity index (χ0v) is 22.7. The van der Waals surface area contributed by atoms with E-state index in [9.17, 15) is 49.1 Å². The molecule has 1 aliphatic rings. The second-order valence-electron chi connectivity index (χ2n) is 10.00. The molecular weight excluding hydrogens is 587 g/mol. The largest absolute Gasteiger partial charge is 0.446 e. The molecule has 3 rings (SSSR count). The van der Waals surface area contributed by atoms with Crippen LogP contribution >= 0.6 is 0 Å². The maximum Gasteiger partial charge on any atom is 0.416 e. The topological polar surface area (TPSA) is 59.1 Å². The van der Waals surface area contributed by atoms with Gasteiger partial charge in [-0.05, 0) is 67.8 Å². The maximum atomic E-state index is 13.7. The summed E-state index contributed by atoms with van der Waals surface area (Å²) in [4.78, 5) is 27.8. The van der Waals surface area contributed by atoms with Gasteiger partial charge >= 0.3 is 24.6 Å². The molecule has 0 radical (unpaired) electrons. The van der Waals surface area contributed by atoms with Crippen molar-refractivity contribution in [3.05, 3.63) is 64.2 Å². The Labute approximate surface area is 235 Å². The summed E-state index contributed by atoms with van der Waals surface area (Å²) >= 11 is 0. The number of halogens is 9. The lowest BCUT2D eigenvalue weighted by Crippen LogP contribution is -2.50. The Kier molecular flexibility index (Phi) is 9.45. The molecule has 2 aromatic rings. The number of anilines is 1. The SMILES string of the molecule is COC[C@H]1C[C@@H](N(Cc2cc(C(F)(F)F)cc(C(F)(F)F)c2)C(C)=O)c2cc(C(F)(F)F)ccc2N1C(=O)OC(C)C. The average molecular weight is 615 g/mol. The van der Waals surface area contributed by atoms with Gasteiger partial charge in [0.2, 0.25) is 5.91 Å². The molecule has 0 saturated heterocycles. The van der Waals surface area contributed by atoms with Gasteiger partial charge in [0, 0.05) is 20.6 Å². The van der Waals surface area contributed by atoms with E-state index >= 15 is 0 Å². The average Bonchev–Trinajstić information content (AvgIpc) is 2.84. The highest BCUT2D eigenvalue weighted by Crippen LogP contribution is 2.45. The summed E-state index contributed by atoms with van der Waals surface area (Å²) in [5.74, 6) is -0.844. The van der Waals surface area contributed by atoms with Crippen LogP contribution in [0.25, 0.3) is 0 Å². The van der Waals surface area contributed by atoms with Crippen LogP contribution in [0.2, 0.25) is 0 Å². The Bertz CT molecular complexity index is 1270. The lowest BCUT2D eigenvalue weighted by Gasteiger charge is -2.44. The van der Waals surface area contributed by atoms with Crippen LogP contribution < -0.4 is 4.90 Å². The standard InChI is InChI=1S/C27H27F9N2O4/c1-14(2)42-24(40)38-20(13-41-4)11-23(21-10-17(25(28,29)30)5-6-22(21)38)37(15(3)39)12-16-7-18(26(31,32)33)9-19(8-16)27(34,35)36/h5-10,14,20,23H,11-13H2,1-4H3/t20-,23-/m1/s1. The molecule has 1 heterocycles. The smallest absolute Gasteiger partial charge is 0.416 e. The summed E-state index contributed by atoms with van der Waals surface area (Å²) in [6, 6.07) is 0.999. The van der Waals surface area contributed by atoms with Gasteiger partial charge in [-0.15, -0.1) is 0 Å². The molecule has 0 bridgehead atoms. The van der Waals surface area contributed by atoms with Crippen LogP contribution in [-0.2, 0) is 39.3 Å². The van der Waals surface area contributed by atoms with Crippen LogP contribution in [0.15, 0.2) is 36.4 Å². The van der Waals surface area contributed by atoms with E-state index in [2.05, 4.69) is 0 Å². The van der Waals surface area contributed by atoms with E-state index in [1.165, 1.54) is 7.11 Å². The number of alkyl halides is 9. The molecule has 0 saturated carbocycles. The van der Waals surface area contributed by atoms with Gasteiger partial charge in [-0.1, -0.05) is 0 Å². The minimum absolute atomic E-state index is 0.0695. The van der Waals surface area contributed by atoms with E-state index in [1.54, 1.807) is 13.8 Å². The predicted molar refractivity (Wildman–Crippen MR) is 131 cm³/mol. The second kappa shape index (κ2) is 12.0. The molecule has 0 spiro atoms. The highest BCUT2D eigenvalue weighted by Gasteiger charge is 2.43. The summed E-state index contributed by atoms with van der Waals surface area (Å²) in [5.41, 5.74) is -5.20. The molecule has 2 atom stereocenters. The molecule has 42 heavy (non-hydrogen) atoms. The van der Waals surface area contributed by atoms with Crippen LogP contribution in [-0.4, -0.2) is 42.8 Å². The highest BCUT2D eigenvalue weighted by molar-refractivity contribution is 5.91. The minimum Gasteiger partial charge on any atom is -0.446 e. The van der Waals surface area contributed by atoms with Crippen LogP contribution in [0.3, 0.4) is 0 Å². The molecule has 0 aromatic heterocycles. The number of methoxy groups -OCH3 is 1. The van der Waals surface area contributed by atoms with Crippen molar-refractivity contribution < 1.29 is 58.6 Å². The molecule has 6 nitrogen and oxygen atoms in total. The first kappa shape index (κ1) is 33.0. The Morgan fingerprint density at radius 1 is 0.905 bits per heavy atom. The third kappa shape index (κ3) is 7.47. The number of amides is 2. The van der Waals surface area contributed by atoms with Crippen LogP contribution in [0.5, 0.6) is 0 Å². The summed E-state index contributed by atoms with van der Waals surface area (Å²) in [6.45, 7) is 3.09. The number of rotatable bonds is 6. The maximum absolute atomic E-state index is 13.7. The van der Waals surface area contributed by atoms with Crippen molar-refractivity contribution in [2.75, 3.05) is 18.6 Å². The summed E-state index contributed by atoms with van der Waals surface area (Å²) in [5, 5.41) is 0. The summed E-state index contributed by atoms with van der Waals surface area (Å²) < 4.78 is 132. The third-order valence-corrected chi connectivity index (χ3v) is 6.51. The number of carbonyl (C=O) groups is 2. The minimum atomic E-state index is -5.16. The van der Waals surface area contributed by atoms with Gasteiger partial charge in [0.1, 0.15) is 0 Å². The van der Waals surface area contributed by atoms with E-state index in [0.29, 0.717) is 24.3 Å². The lowest BCUT2D eigenvalue weighted by atomic mass is 9.88. The summed E-state index contributed by atoms with van der Waals surface area (Å²) in [6.07, 6.45) is -17.0. The molecule has 15 heteroatoms. The summed E-state index contributed by atoms with van der Waals surface area (Å²) in [7, 11) is 1.28. The van der Waals surface area contributed by atoms with Crippen molar-refractivity contribution >= 4 is 17.7 Å². The molecular formula is C27H27F9N2O4. The molecule has 0 N–H and O–H groups in total. The monoisotopic (exact) mass is 614 g/mol. The van der Waals surface area contributed by atoms with Crippen LogP contribution in [0, 0.1) is 0 Å². The van der Waals surface area contributed by atoms with Gasteiger partial charge in [-0.3, -0.25) is 9.69 Å². The van der Waals surface area contributed by atoms with Crippen molar-refractivity contribution in [1.82, 2.24) is 4.90 Å². The van der Waals surface area contributed by atoms with Gasteiger partial charge < -0.3 is 14.4 Å². The second-order valence-corrected chi connectivity index (χ2v) is 10.00. The molecule has 1 aliphatic heterocycles. The van der Waals surface area contributed by atoms with E-state index in [1.807, 2.05) is 0 Å². The Hall–Kier alpha value is -3.49. The molecule has 2 amide bonds. The Morgan fingerprint density at radius 2 is 1.45 bits per heavy atom. The first-order valence-corrected chi connectivity index (χ1v) is 12.5. The van der Waals surface area contributed by atoms with E-state index < -0.39 is 77.5 Å². The van der Waals surface area contributed by atoms with E-state index in [-0.39, 0.29) is 30.3 Å². The number of ether oxygens (including phenoxy) is 2. The fourth-order valence-corrected chi connectivity index (χ4v) is 4.79. The number of carbonyl (C=O) groups excluding carboxylic acids is 2. The molecule has 0 aliphatic carbocycles. The zero-order chi connectivity index (χ0) is 31.8. The Balaban J connectivity index is 2.21. The molecule has 0 unspecified atom stereocenters. The Morgan fingerprint density at radius 3 is 1.90 bits per heavy atom. The van der Waals surface area contributed by atoms with Crippen molar-refractivity contribution in [2.45, 2.75) is 70.5 Å². The number of nitrogens with zero attached hydrogens (tertiary/aromatic N) is 2.